The Balaban J connectivity index is 1.58. The first-order valence-corrected chi connectivity index (χ1v) is 8.49. The van der Waals surface area contributed by atoms with Crippen LogP contribution in [0.25, 0.3) is 0 Å². The lowest BCUT2D eigenvalue weighted by Gasteiger charge is -2.07. The lowest BCUT2D eigenvalue weighted by Crippen LogP contribution is -2.18. The van der Waals surface area contributed by atoms with E-state index in [1.807, 2.05) is 54.6 Å². The number of hydrogen-bond donors (Lipinski definition) is 2. The predicted molar refractivity (Wildman–Crippen MR) is 100 cm³/mol. The van der Waals surface area contributed by atoms with E-state index in [2.05, 4.69) is 20.8 Å². The van der Waals surface area contributed by atoms with E-state index >= 15 is 0 Å². The van der Waals surface area contributed by atoms with Crippen molar-refractivity contribution in [3.05, 3.63) is 70.2 Å². The van der Waals surface area contributed by atoms with Gasteiger partial charge in [0.1, 0.15) is 5.01 Å². The predicted octanol–water partition coefficient (Wildman–Crippen LogP) is 4.59. The minimum Gasteiger partial charge on any atom is -0.332 e. The van der Waals surface area contributed by atoms with Crippen molar-refractivity contribution in [2.75, 3.05) is 10.6 Å². The molecule has 4 nitrogen and oxygen atoms in total. The first kappa shape index (κ1) is 15.9. The fraction of sp³-hybridized carbons (Fsp3) is 0.0625. The molecule has 0 spiro atoms. The quantitative estimate of drug-likeness (QED) is 0.666. The summed E-state index contributed by atoms with van der Waals surface area (Å²) in [6, 6.07) is 17.4. The molecule has 0 saturated heterocycles. The number of hydrogen-bond acceptors (Lipinski definition) is 4. The van der Waals surface area contributed by atoms with Gasteiger partial charge in [0.2, 0.25) is 5.13 Å². The molecule has 0 unspecified atom stereocenters. The molecule has 2 N–H and O–H groups in total. The standard InChI is InChI=1S/C16H13ClN4S2/c17-12-8-6-11(7-9-12)10-14-20-21-16(23-14)19-15(22)18-13-4-2-1-3-5-13/h1-9H,10H2,(H2,18,19,21,22). The van der Waals surface area contributed by atoms with Crippen molar-refractivity contribution in [1.29, 1.82) is 0 Å². The average Bonchev–Trinajstić information content (AvgIpc) is 2.97. The molecule has 0 aliphatic heterocycles. The molecule has 3 rings (SSSR count). The summed E-state index contributed by atoms with van der Waals surface area (Å²) in [5, 5.41) is 17.2. The van der Waals surface area contributed by atoms with Crippen molar-refractivity contribution < 1.29 is 0 Å². The van der Waals surface area contributed by atoms with E-state index in [9.17, 15) is 0 Å². The molecule has 2 aromatic carbocycles. The third-order valence-electron chi connectivity index (χ3n) is 2.99. The van der Waals surface area contributed by atoms with Gasteiger partial charge in [-0.25, -0.2) is 0 Å². The van der Waals surface area contributed by atoms with E-state index in [1.165, 1.54) is 11.3 Å². The van der Waals surface area contributed by atoms with E-state index in [4.69, 9.17) is 23.8 Å². The molecule has 1 aromatic heterocycles. The van der Waals surface area contributed by atoms with Crippen molar-refractivity contribution in [2.24, 2.45) is 0 Å². The Morgan fingerprint density at radius 3 is 2.48 bits per heavy atom. The van der Waals surface area contributed by atoms with Crippen LogP contribution in [0.5, 0.6) is 0 Å². The summed E-state index contributed by atoms with van der Waals surface area (Å²) in [5.41, 5.74) is 2.07. The molecule has 116 valence electrons. The van der Waals surface area contributed by atoms with E-state index in [0.29, 0.717) is 10.2 Å². The Labute approximate surface area is 148 Å². The minimum atomic E-state index is 0.491. The molecule has 0 saturated carbocycles. The van der Waals surface area contributed by atoms with Gasteiger partial charge in [-0.15, -0.1) is 10.2 Å². The Kier molecular flexibility index (Phi) is 5.17. The third kappa shape index (κ3) is 4.72. The fourth-order valence-corrected chi connectivity index (χ4v) is 3.12. The van der Waals surface area contributed by atoms with Crippen LogP contribution in [-0.4, -0.2) is 15.3 Å². The van der Waals surface area contributed by atoms with Crippen LogP contribution in [0.1, 0.15) is 10.6 Å². The number of nitrogens with one attached hydrogen (secondary N) is 2. The molecule has 0 aliphatic rings. The maximum atomic E-state index is 5.89. The fourth-order valence-electron chi connectivity index (χ4n) is 1.93. The topological polar surface area (TPSA) is 49.8 Å². The lowest BCUT2D eigenvalue weighted by molar-refractivity contribution is 1.01. The zero-order valence-electron chi connectivity index (χ0n) is 12.0. The van der Waals surface area contributed by atoms with E-state index in [0.717, 1.165) is 27.7 Å². The van der Waals surface area contributed by atoms with Crippen LogP contribution in [-0.2, 0) is 6.42 Å². The summed E-state index contributed by atoms with van der Waals surface area (Å²) in [6.45, 7) is 0. The van der Waals surface area contributed by atoms with Gasteiger partial charge in [0.15, 0.2) is 5.11 Å². The van der Waals surface area contributed by atoms with Gasteiger partial charge in [-0.05, 0) is 42.0 Å². The first-order chi connectivity index (χ1) is 11.2. The largest absolute Gasteiger partial charge is 0.332 e. The molecule has 0 atom stereocenters. The Bertz CT molecular complexity index is 787. The van der Waals surface area contributed by atoms with Gasteiger partial charge >= 0.3 is 0 Å². The molecular weight excluding hydrogens is 348 g/mol. The highest BCUT2D eigenvalue weighted by molar-refractivity contribution is 7.80. The van der Waals surface area contributed by atoms with E-state index < -0.39 is 0 Å². The Morgan fingerprint density at radius 1 is 1.00 bits per heavy atom. The Hall–Kier alpha value is -2.02. The number of halogens is 1. The van der Waals surface area contributed by atoms with Gasteiger partial charge in [0.05, 0.1) is 0 Å². The van der Waals surface area contributed by atoms with Crippen molar-refractivity contribution >= 4 is 51.1 Å². The molecule has 1 heterocycles. The highest BCUT2D eigenvalue weighted by Crippen LogP contribution is 2.20. The lowest BCUT2D eigenvalue weighted by atomic mass is 10.2. The number of benzene rings is 2. The van der Waals surface area contributed by atoms with Crippen LogP contribution in [0.4, 0.5) is 10.8 Å². The number of aromatic nitrogens is 2. The number of para-hydroxylation sites is 1. The second-order valence-corrected chi connectivity index (χ2v) is 6.66. The highest BCUT2D eigenvalue weighted by Gasteiger charge is 2.07. The van der Waals surface area contributed by atoms with Gasteiger partial charge < -0.3 is 10.6 Å². The number of anilines is 2. The molecule has 7 heteroatoms. The average molecular weight is 361 g/mol. The van der Waals surface area contributed by atoms with Gasteiger partial charge in [-0.1, -0.05) is 53.3 Å². The molecule has 0 fully saturated rings. The summed E-state index contributed by atoms with van der Waals surface area (Å²) < 4.78 is 0. The molecule has 0 aliphatic carbocycles. The maximum Gasteiger partial charge on any atom is 0.211 e. The van der Waals surface area contributed by atoms with Crippen molar-refractivity contribution in [3.63, 3.8) is 0 Å². The van der Waals surface area contributed by atoms with Crippen LogP contribution >= 0.6 is 35.2 Å². The number of rotatable bonds is 4. The van der Waals surface area contributed by atoms with Crippen LogP contribution in [0, 0.1) is 0 Å². The van der Waals surface area contributed by atoms with Gasteiger partial charge in [-0.2, -0.15) is 0 Å². The zero-order valence-corrected chi connectivity index (χ0v) is 14.4. The summed E-state index contributed by atoms with van der Waals surface area (Å²) >= 11 is 12.6. The summed E-state index contributed by atoms with van der Waals surface area (Å²) in [6.07, 6.45) is 0.718. The molecule has 0 bridgehead atoms. The van der Waals surface area contributed by atoms with Crippen LogP contribution in [0.15, 0.2) is 54.6 Å². The van der Waals surface area contributed by atoms with Gasteiger partial charge in [-0.3, -0.25) is 0 Å². The number of thiocarbonyl (C=S) groups is 1. The van der Waals surface area contributed by atoms with Crippen LogP contribution in [0.2, 0.25) is 5.02 Å². The van der Waals surface area contributed by atoms with Crippen molar-refractivity contribution in [1.82, 2.24) is 10.2 Å². The van der Waals surface area contributed by atoms with E-state index in [1.54, 1.807) is 0 Å². The normalized spacial score (nSPS) is 10.3. The minimum absolute atomic E-state index is 0.491. The summed E-state index contributed by atoms with van der Waals surface area (Å²) in [5.74, 6) is 0. The second-order valence-electron chi connectivity index (χ2n) is 4.75. The number of nitrogens with zero attached hydrogens (tertiary/aromatic N) is 2. The first-order valence-electron chi connectivity index (χ1n) is 6.89. The molecule has 23 heavy (non-hydrogen) atoms. The SMILES string of the molecule is S=C(Nc1ccccc1)Nc1nnc(Cc2ccc(Cl)cc2)s1. The van der Waals surface area contributed by atoms with Crippen LogP contribution in [0.3, 0.4) is 0 Å². The molecule has 0 amide bonds. The molecule has 0 radical (unpaired) electrons. The van der Waals surface area contributed by atoms with Crippen molar-refractivity contribution in [2.45, 2.75) is 6.42 Å². The van der Waals surface area contributed by atoms with E-state index in [-0.39, 0.29) is 0 Å². The summed E-state index contributed by atoms with van der Waals surface area (Å²) in [7, 11) is 0. The summed E-state index contributed by atoms with van der Waals surface area (Å²) in [4.78, 5) is 0. The van der Waals surface area contributed by atoms with Crippen LogP contribution < -0.4 is 10.6 Å². The second kappa shape index (κ2) is 7.50. The van der Waals surface area contributed by atoms with Gasteiger partial charge in [0.25, 0.3) is 0 Å². The monoisotopic (exact) mass is 360 g/mol. The van der Waals surface area contributed by atoms with Crippen molar-refractivity contribution in [3.8, 4) is 0 Å². The third-order valence-corrected chi connectivity index (χ3v) is 4.28. The maximum absolute atomic E-state index is 5.89. The Morgan fingerprint density at radius 2 is 1.74 bits per heavy atom. The smallest absolute Gasteiger partial charge is 0.211 e. The molecule has 3 aromatic rings. The van der Waals surface area contributed by atoms with Gasteiger partial charge in [0, 0.05) is 17.1 Å². The highest BCUT2D eigenvalue weighted by atomic mass is 35.5. The zero-order chi connectivity index (χ0) is 16.1. The molecular formula is C16H13ClN4S2.